The van der Waals surface area contributed by atoms with Crippen LogP contribution >= 0.6 is 0 Å². The molecule has 1 saturated heterocycles. The zero-order valence-corrected chi connectivity index (χ0v) is 12.6. The van der Waals surface area contributed by atoms with Gasteiger partial charge in [0, 0.05) is 18.5 Å². The Bertz CT molecular complexity index is 615. The number of nitrogens with one attached hydrogen (secondary N) is 1. The van der Waals surface area contributed by atoms with Crippen molar-refractivity contribution < 1.29 is 13.9 Å². The standard InChI is InChI=1S/C18H20FNO2/c1-21-16-4-2-3-13(9-16)10-20-18-12-22-11-17(18)14-5-7-15(19)8-6-14/h2-9,17-18,20H,10-12H2,1H3/t17-,18+/m0/s1. The van der Waals surface area contributed by atoms with Crippen LogP contribution in [0.25, 0.3) is 0 Å². The minimum atomic E-state index is -0.205. The lowest BCUT2D eigenvalue weighted by molar-refractivity contribution is 0.187. The third kappa shape index (κ3) is 3.46. The topological polar surface area (TPSA) is 30.5 Å². The molecule has 0 radical (unpaired) electrons. The Morgan fingerprint density at radius 1 is 1.18 bits per heavy atom. The molecule has 1 fully saturated rings. The van der Waals surface area contributed by atoms with Crippen molar-refractivity contribution in [3.05, 3.63) is 65.5 Å². The Balaban J connectivity index is 1.64. The molecule has 3 nitrogen and oxygen atoms in total. The molecular weight excluding hydrogens is 281 g/mol. The molecule has 1 aliphatic rings. The number of hydrogen-bond donors (Lipinski definition) is 1. The predicted octanol–water partition coefficient (Wildman–Crippen LogP) is 3.11. The predicted molar refractivity (Wildman–Crippen MR) is 83.6 cm³/mol. The van der Waals surface area contributed by atoms with Crippen LogP contribution in [-0.4, -0.2) is 26.4 Å². The molecule has 4 heteroatoms. The molecule has 3 rings (SSSR count). The highest BCUT2D eigenvalue weighted by molar-refractivity contribution is 5.29. The molecule has 22 heavy (non-hydrogen) atoms. The number of halogens is 1. The molecule has 0 bridgehead atoms. The van der Waals surface area contributed by atoms with Gasteiger partial charge >= 0.3 is 0 Å². The first-order chi connectivity index (χ1) is 10.8. The Morgan fingerprint density at radius 2 is 2.00 bits per heavy atom. The lowest BCUT2D eigenvalue weighted by Crippen LogP contribution is -2.33. The van der Waals surface area contributed by atoms with Gasteiger partial charge in [0.1, 0.15) is 11.6 Å². The van der Waals surface area contributed by atoms with Crippen molar-refractivity contribution in [2.45, 2.75) is 18.5 Å². The van der Waals surface area contributed by atoms with E-state index in [1.165, 1.54) is 17.7 Å². The van der Waals surface area contributed by atoms with E-state index in [2.05, 4.69) is 11.4 Å². The van der Waals surface area contributed by atoms with Crippen molar-refractivity contribution >= 4 is 0 Å². The first kappa shape index (κ1) is 15.0. The second-order valence-electron chi connectivity index (χ2n) is 5.53. The summed E-state index contributed by atoms with van der Waals surface area (Å²) in [5, 5.41) is 3.54. The third-order valence-corrected chi connectivity index (χ3v) is 4.08. The molecule has 2 aromatic rings. The second-order valence-corrected chi connectivity index (χ2v) is 5.53. The van der Waals surface area contributed by atoms with E-state index in [9.17, 15) is 4.39 Å². The molecule has 1 heterocycles. The van der Waals surface area contributed by atoms with Crippen LogP contribution < -0.4 is 10.1 Å². The molecular formula is C18H20FNO2. The summed E-state index contributed by atoms with van der Waals surface area (Å²) in [6.45, 7) is 2.09. The average molecular weight is 301 g/mol. The van der Waals surface area contributed by atoms with Crippen molar-refractivity contribution in [3.8, 4) is 5.75 Å². The van der Waals surface area contributed by atoms with Gasteiger partial charge in [-0.15, -0.1) is 0 Å². The Labute approximate surface area is 130 Å². The maximum atomic E-state index is 13.1. The Hall–Kier alpha value is -1.91. The van der Waals surface area contributed by atoms with E-state index in [1.54, 1.807) is 7.11 Å². The SMILES string of the molecule is COc1cccc(CN[C@@H]2COC[C@H]2c2ccc(F)cc2)c1. The van der Waals surface area contributed by atoms with Gasteiger partial charge in [-0.1, -0.05) is 24.3 Å². The van der Waals surface area contributed by atoms with Crippen LogP contribution in [0.5, 0.6) is 5.75 Å². The second kappa shape index (κ2) is 6.90. The number of ether oxygens (including phenoxy) is 2. The van der Waals surface area contributed by atoms with Crippen molar-refractivity contribution in [2.75, 3.05) is 20.3 Å². The lowest BCUT2D eigenvalue weighted by atomic mass is 9.94. The van der Waals surface area contributed by atoms with Crippen LogP contribution in [0.3, 0.4) is 0 Å². The molecule has 0 spiro atoms. The number of rotatable bonds is 5. The molecule has 1 aliphatic heterocycles. The maximum absolute atomic E-state index is 13.1. The molecule has 2 atom stereocenters. The van der Waals surface area contributed by atoms with E-state index in [1.807, 2.05) is 30.3 Å². The van der Waals surface area contributed by atoms with Gasteiger partial charge in [-0.05, 0) is 35.4 Å². The van der Waals surface area contributed by atoms with Gasteiger partial charge in [0.2, 0.25) is 0 Å². The zero-order chi connectivity index (χ0) is 15.4. The van der Waals surface area contributed by atoms with Gasteiger partial charge in [0.05, 0.1) is 20.3 Å². The minimum absolute atomic E-state index is 0.205. The van der Waals surface area contributed by atoms with Crippen LogP contribution in [0.2, 0.25) is 0 Å². The minimum Gasteiger partial charge on any atom is -0.497 e. The summed E-state index contributed by atoms with van der Waals surface area (Å²) in [6.07, 6.45) is 0. The third-order valence-electron chi connectivity index (χ3n) is 4.08. The van der Waals surface area contributed by atoms with E-state index >= 15 is 0 Å². The van der Waals surface area contributed by atoms with Crippen LogP contribution in [0.15, 0.2) is 48.5 Å². The molecule has 0 saturated carbocycles. The first-order valence-electron chi connectivity index (χ1n) is 7.46. The quantitative estimate of drug-likeness (QED) is 0.920. The highest BCUT2D eigenvalue weighted by Gasteiger charge is 2.29. The largest absolute Gasteiger partial charge is 0.497 e. The van der Waals surface area contributed by atoms with Crippen molar-refractivity contribution in [2.24, 2.45) is 0 Å². The normalized spacial score (nSPS) is 21.0. The summed E-state index contributed by atoms with van der Waals surface area (Å²) >= 11 is 0. The molecule has 0 aromatic heterocycles. The molecule has 0 amide bonds. The molecule has 0 unspecified atom stereocenters. The molecule has 2 aromatic carbocycles. The van der Waals surface area contributed by atoms with Crippen molar-refractivity contribution in [3.63, 3.8) is 0 Å². The van der Waals surface area contributed by atoms with Gasteiger partial charge in [-0.3, -0.25) is 0 Å². The fourth-order valence-electron chi connectivity index (χ4n) is 2.83. The highest BCUT2D eigenvalue weighted by atomic mass is 19.1. The van der Waals surface area contributed by atoms with Crippen molar-refractivity contribution in [1.29, 1.82) is 0 Å². The first-order valence-corrected chi connectivity index (χ1v) is 7.46. The monoisotopic (exact) mass is 301 g/mol. The van der Waals surface area contributed by atoms with Gasteiger partial charge in [0.25, 0.3) is 0 Å². The van der Waals surface area contributed by atoms with Crippen LogP contribution in [0, 0.1) is 5.82 Å². The smallest absolute Gasteiger partial charge is 0.123 e. The number of hydrogen-bond acceptors (Lipinski definition) is 3. The summed E-state index contributed by atoms with van der Waals surface area (Å²) in [5.41, 5.74) is 2.28. The highest BCUT2D eigenvalue weighted by Crippen LogP contribution is 2.26. The molecule has 116 valence electrons. The number of methoxy groups -OCH3 is 1. The van der Waals surface area contributed by atoms with Crippen LogP contribution in [0.4, 0.5) is 4.39 Å². The van der Waals surface area contributed by atoms with E-state index in [4.69, 9.17) is 9.47 Å². The van der Waals surface area contributed by atoms with Gasteiger partial charge in [-0.2, -0.15) is 0 Å². The van der Waals surface area contributed by atoms with E-state index in [0.29, 0.717) is 13.2 Å². The zero-order valence-electron chi connectivity index (χ0n) is 12.6. The fourth-order valence-corrected chi connectivity index (χ4v) is 2.83. The van der Waals surface area contributed by atoms with Gasteiger partial charge in [0.15, 0.2) is 0 Å². The molecule has 0 aliphatic carbocycles. The number of benzene rings is 2. The summed E-state index contributed by atoms with van der Waals surface area (Å²) in [5.74, 6) is 0.909. The fraction of sp³-hybridized carbons (Fsp3) is 0.333. The summed E-state index contributed by atoms with van der Waals surface area (Å²) in [6, 6.07) is 14.9. The summed E-state index contributed by atoms with van der Waals surface area (Å²) in [7, 11) is 1.67. The van der Waals surface area contributed by atoms with E-state index < -0.39 is 0 Å². The van der Waals surface area contributed by atoms with Crippen LogP contribution in [0.1, 0.15) is 17.0 Å². The van der Waals surface area contributed by atoms with E-state index in [-0.39, 0.29) is 17.8 Å². The summed E-state index contributed by atoms with van der Waals surface area (Å²) in [4.78, 5) is 0. The van der Waals surface area contributed by atoms with E-state index in [0.717, 1.165) is 17.9 Å². The average Bonchev–Trinajstić information content (AvgIpc) is 3.02. The van der Waals surface area contributed by atoms with Gasteiger partial charge in [-0.25, -0.2) is 4.39 Å². The molecule has 1 N–H and O–H groups in total. The van der Waals surface area contributed by atoms with Gasteiger partial charge < -0.3 is 14.8 Å². The lowest BCUT2D eigenvalue weighted by Gasteiger charge is -2.19. The van der Waals surface area contributed by atoms with Crippen LogP contribution in [-0.2, 0) is 11.3 Å². The Kier molecular flexibility index (Phi) is 4.71. The maximum Gasteiger partial charge on any atom is 0.123 e. The van der Waals surface area contributed by atoms with Crippen molar-refractivity contribution in [1.82, 2.24) is 5.32 Å². The Morgan fingerprint density at radius 3 is 2.77 bits per heavy atom. The summed E-state index contributed by atoms with van der Waals surface area (Å²) < 4.78 is 23.9.